The van der Waals surface area contributed by atoms with Gasteiger partial charge in [0.25, 0.3) is 0 Å². The van der Waals surface area contributed by atoms with Crippen LogP contribution >= 0.6 is 0 Å². The van der Waals surface area contributed by atoms with E-state index in [2.05, 4.69) is 31.2 Å². The van der Waals surface area contributed by atoms with Crippen LogP contribution in [0.25, 0.3) is 16.8 Å². The summed E-state index contributed by atoms with van der Waals surface area (Å²) in [5.74, 6) is 0.896. The van der Waals surface area contributed by atoms with E-state index in [0.29, 0.717) is 0 Å². The van der Waals surface area contributed by atoms with Gasteiger partial charge in [-0.2, -0.15) is 0 Å². The van der Waals surface area contributed by atoms with Crippen molar-refractivity contribution in [3.63, 3.8) is 0 Å². The van der Waals surface area contributed by atoms with Crippen LogP contribution in [0.3, 0.4) is 0 Å². The topological polar surface area (TPSA) is 9.23 Å². The molecule has 1 atom stereocenters. The van der Waals surface area contributed by atoms with Gasteiger partial charge in [-0.15, -0.1) is 0 Å². The first kappa shape index (κ1) is 10.5. The molecule has 0 N–H and O–H groups in total. The Morgan fingerprint density at radius 2 is 2.00 bits per heavy atom. The fourth-order valence-corrected chi connectivity index (χ4v) is 2.28. The Hall–Kier alpha value is -1.70. The molecular weight excluding hydrogens is 207 g/mol. The lowest BCUT2D eigenvalue weighted by Crippen LogP contribution is -2.32. The first-order chi connectivity index (χ1) is 8.07. The van der Waals surface area contributed by atoms with E-state index in [0.717, 1.165) is 16.7 Å². The summed E-state index contributed by atoms with van der Waals surface area (Å²) in [7, 11) is 6.02. The van der Waals surface area contributed by atoms with Gasteiger partial charge in [0.15, 0.2) is 0 Å². The third-order valence-electron chi connectivity index (χ3n) is 3.15. The van der Waals surface area contributed by atoms with Crippen LogP contribution in [0.1, 0.15) is 18.1 Å². The van der Waals surface area contributed by atoms with Gasteiger partial charge in [-0.3, -0.25) is 0 Å². The van der Waals surface area contributed by atoms with Gasteiger partial charge < -0.3 is 4.74 Å². The Balaban J connectivity index is 2.37. The third kappa shape index (κ3) is 1.64. The van der Waals surface area contributed by atoms with Crippen LogP contribution in [0.15, 0.2) is 36.4 Å². The van der Waals surface area contributed by atoms with Crippen molar-refractivity contribution in [2.24, 2.45) is 0 Å². The Kier molecular flexibility index (Phi) is 2.09. The molecule has 0 saturated heterocycles. The quantitative estimate of drug-likeness (QED) is 0.618. The zero-order chi connectivity index (χ0) is 12.0. The summed E-state index contributed by atoms with van der Waals surface area (Å²) >= 11 is 0. The second kappa shape index (κ2) is 3.40. The van der Waals surface area contributed by atoms with Crippen LogP contribution in [-0.4, -0.2) is 13.3 Å². The summed E-state index contributed by atoms with van der Waals surface area (Å²) in [5, 5.41) is 2.31. The number of ether oxygens (including phenoxy) is 1. The molecule has 1 unspecified atom stereocenters. The first-order valence-corrected chi connectivity index (χ1v) is 5.76. The smallest absolute Gasteiger partial charge is 0.137 e. The lowest BCUT2D eigenvalue weighted by atomic mass is 9.80. The van der Waals surface area contributed by atoms with Crippen molar-refractivity contribution in [1.82, 2.24) is 0 Å². The maximum absolute atomic E-state index is 6.02. The molecule has 3 rings (SSSR count). The maximum atomic E-state index is 6.02. The van der Waals surface area contributed by atoms with Crippen molar-refractivity contribution in [2.45, 2.75) is 19.3 Å². The second-order valence-electron chi connectivity index (χ2n) is 4.78. The largest absolute Gasteiger partial charge is 0.492 e. The van der Waals surface area contributed by atoms with E-state index >= 15 is 0 Å². The van der Waals surface area contributed by atoms with Gasteiger partial charge in [0.2, 0.25) is 0 Å². The summed E-state index contributed by atoms with van der Waals surface area (Å²) in [5.41, 5.74) is 1.63. The van der Waals surface area contributed by atoms with E-state index in [-0.39, 0.29) is 0 Å². The van der Waals surface area contributed by atoms with Crippen LogP contribution in [0, 0.1) is 6.92 Å². The molecule has 2 radical (unpaired) electrons. The molecule has 82 valence electrons. The van der Waals surface area contributed by atoms with Gasteiger partial charge in [0, 0.05) is 10.9 Å². The Morgan fingerprint density at radius 1 is 1.24 bits per heavy atom. The van der Waals surface area contributed by atoms with Gasteiger partial charge in [0.05, 0.1) is 5.50 Å². The Labute approximate surface area is 103 Å². The minimum atomic E-state index is -0.719. The van der Waals surface area contributed by atoms with Gasteiger partial charge in [-0.1, -0.05) is 42.5 Å². The van der Waals surface area contributed by atoms with E-state index < -0.39 is 5.50 Å². The molecule has 0 fully saturated rings. The van der Waals surface area contributed by atoms with Crippen molar-refractivity contribution in [2.75, 3.05) is 0 Å². The Morgan fingerprint density at radius 3 is 2.82 bits per heavy atom. The van der Waals surface area contributed by atoms with Gasteiger partial charge >= 0.3 is 0 Å². The highest BCUT2D eigenvalue weighted by molar-refractivity contribution is 6.17. The molecule has 1 nitrogen and oxygen atoms in total. The van der Waals surface area contributed by atoms with Crippen molar-refractivity contribution in [1.29, 1.82) is 0 Å². The average Bonchev–Trinajstić information content (AvgIpc) is 2.28. The number of hydrogen-bond donors (Lipinski definition) is 0. The predicted octanol–water partition coefficient (Wildman–Crippen LogP) is 3.44. The molecule has 0 amide bonds. The van der Waals surface area contributed by atoms with Crippen LogP contribution in [0.5, 0.6) is 5.75 Å². The fraction of sp³-hybridized carbons (Fsp3) is 0.200. The van der Waals surface area contributed by atoms with Crippen LogP contribution < -0.4 is 4.74 Å². The van der Waals surface area contributed by atoms with Crippen LogP contribution in [-0.2, 0) is 0 Å². The number of fused-ring (bicyclic) bond motifs is 3. The first-order valence-electron chi connectivity index (χ1n) is 5.76. The summed E-state index contributed by atoms with van der Waals surface area (Å²) in [6.45, 7) is 3.96. The monoisotopic (exact) mass is 220 g/mol. The fourth-order valence-electron chi connectivity index (χ4n) is 2.28. The summed E-state index contributed by atoms with van der Waals surface area (Å²) in [6, 6.07) is 10.4. The molecular formula is C15H13BO. The molecule has 0 spiro atoms. The van der Waals surface area contributed by atoms with Gasteiger partial charge in [-0.25, -0.2) is 0 Å². The average molecular weight is 220 g/mol. The second-order valence-corrected chi connectivity index (χ2v) is 4.78. The number of benzene rings is 2. The molecule has 2 aromatic rings. The number of rotatable bonds is 0. The maximum Gasteiger partial charge on any atom is 0.137 e. The van der Waals surface area contributed by atoms with Crippen molar-refractivity contribution >= 4 is 24.7 Å². The Bertz CT molecular complexity index is 626. The molecule has 0 bridgehead atoms. The van der Waals surface area contributed by atoms with Crippen LogP contribution in [0.2, 0.25) is 0 Å². The van der Waals surface area contributed by atoms with E-state index in [1.807, 2.05) is 25.1 Å². The normalized spacial score (nSPS) is 22.2. The highest BCUT2D eigenvalue weighted by Gasteiger charge is 2.23. The zero-order valence-electron chi connectivity index (χ0n) is 10.0. The zero-order valence-corrected chi connectivity index (χ0v) is 10.0. The number of aryl methyl sites for hydroxylation is 1. The SMILES string of the molecule is [B]C1(C)C=Cc2c(C)cc3ccccc3c2O1. The van der Waals surface area contributed by atoms with Gasteiger partial charge in [0.1, 0.15) is 13.6 Å². The molecule has 1 heterocycles. The highest BCUT2D eigenvalue weighted by atomic mass is 16.5. The summed E-state index contributed by atoms with van der Waals surface area (Å²) < 4.78 is 5.90. The van der Waals surface area contributed by atoms with Crippen molar-refractivity contribution in [3.8, 4) is 5.75 Å². The minimum absolute atomic E-state index is 0.719. The molecule has 2 aromatic carbocycles. The summed E-state index contributed by atoms with van der Waals surface area (Å²) in [4.78, 5) is 0. The van der Waals surface area contributed by atoms with E-state index in [1.54, 1.807) is 0 Å². The summed E-state index contributed by atoms with van der Waals surface area (Å²) in [6.07, 6.45) is 3.96. The molecule has 0 saturated carbocycles. The lowest BCUT2D eigenvalue weighted by molar-refractivity contribution is 0.227. The molecule has 0 aromatic heterocycles. The standard InChI is InChI=1S/C15H13BO/c1-10-9-11-5-3-4-6-13(11)14-12(10)7-8-15(2,16)17-14/h3-9H,1-2H3. The minimum Gasteiger partial charge on any atom is -0.492 e. The third-order valence-corrected chi connectivity index (χ3v) is 3.15. The molecule has 17 heavy (non-hydrogen) atoms. The number of hydrogen-bond acceptors (Lipinski definition) is 1. The van der Waals surface area contributed by atoms with Gasteiger partial charge in [-0.05, 0) is 24.8 Å². The molecule has 1 aliphatic heterocycles. The highest BCUT2D eigenvalue weighted by Crippen LogP contribution is 2.38. The molecule has 2 heteroatoms. The van der Waals surface area contributed by atoms with Crippen molar-refractivity contribution in [3.05, 3.63) is 47.5 Å². The molecule has 0 aliphatic carbocycles. The van der Waals surface area contributed by atoms with Crippen LogP contribution in [0.4, 0.5) is 0 Å². The van der Waals surface area contributed by atoms with Crippen molar-refractivity contribution < 1.29 is 4.74 Å². The van der Waals surface area contributed by atoms with E-state index in [4.69, 9.17) is 12.6 Å². The molecule has 1 aliphatic rings. The van der Waals surface area contributed by atoms with E-state index in [9.17, 15) is 0 Å². The lowest BCUT2D eigenvalue weighted by Gasteiger charge is -2.30. The van der Waals surface area contributed by atoms with E-state index in [1.165, 1.54) is 10.9 Å². The predicted molar refractivity (Wildman–Crippen MR) is 72.5 cm³/mol.